The second-order valence-corrected chi connectivity index (χ2v) is 5.12. The topological polar surface area (TPSA) is 64.4 Å². The molecule has 1 aromatic heterocycles. The standard InChI is InChI=1S/C15H16N2O3/c1-10-2-5-14(13(6-10)15(18)19)20-8-12-7-16-9-17(12)11-3-4-11/h2,5-7,9,11H,3-4,8H2,1H3,(H,18,19). The zero-order valence-electron chi connectivity index (χ0n) is 11.2. The van der Waals surface area contributed by atoms with Gasteiger partial charge in [-0.3, -0.25) is 0 Å². The Morgan fingerprint density at radius 1 is 1.50 bits per heavy atom. The van der Waals surface area contributed by atoms with E-state index in [1.165, 1.54) is 12.8 Å². The summed E-state index contributed by atoms with van der Waals surface area (Å²) < 4.78 is 7.78. The number of benzene rings is 1. The van der Waals surface area contributed by atoms with E-state index in [0.717, 1.165) is 11.3 Å². The SMILES string of the molecule is Cc1ccc(OCc2cncn2C2CC2)c(C(=O)O)c1. The van der Waals surface area contributed by atoms with Crippen molar-refractivity contribution in [2.75, 3.05) is 0 Å². The molecule has 0 atom stereocenters. The Kier molecular flexibility index (Phi) is 3.18. The van der Waals surface area contributed by atoms with Gasteiger partial charge in [0.05, 0.1) is 18.2 Å². The molecule has 1 saturated carbocycles. The first-order valence-electron chi connectivity index (χ1n) is 6.62. The molecule has 1 aliphatic rings. The van der Waals surface area contributed by atoms with Crippen LogP contribution in [0.3, 0.4) is 0 Å². The number of carbonyl (C=O) groups is 1. The summed E-state index contributed by atoms with van der Waals surface area (Å²) in [6.45, 7) is 2.19. The molecule has 2 aromatic rings. The zero-order valence-corrected chi connectivity index (χ0v) is 11.2. The molecule has 20 heavy (non-hydrogen) atoms. The predicted octanol–water partition coefficient (Wildman–Crippen LogP) is 2.80. The normalized spacial score (nSPS) is 14.2. The zero-order chi connectivity index (χ0) is 14.1. The van der Waals surface area contributed by atoms with E-state index in [9.17, 15) is 9.90 Å². The van der Waals surface area contributed by atoms with Crippen LogP contribution in [0.4, 0.5) is 0 Å². The van der Waals surface area contributed by atoms with E-state index < -0.39 is 5.97 Å². The van der Waals surface area contributed by atoms with Gasteiger partial charge < -0.3 is 14.4 Å². The van der Waals surface area contributed by atoms with Crippen LogP contribution in [-0.2, 0) is 6.61 Å². The number of hydrogen-bond acceptors (Lipinski definition) is 3. The van der Waals surface area contributed by atoms with Crippen molar-refractivity contribution in [1.29, 1.82) is 0 Å². The number of rotatable bonds is 5. The van der Waals surface area contributed by atoms with Gasteiger partial charge in [0.25, 0.3) is 0 Å². The van der Waals surface area contributed by atoms with Crippen LogP contribution in [0.2, 0.25) is 0 Å². The van der Waals surface area contributed by atoms with Crippen molar-refractivity contribution >= 4 is 5.97 Å². The molecule has 3 rings (SSSR count). The number of carboxylic acid groups (broad SMARTS) is 1. The van der Waals surface area contributed by atoms with Crippen molar-refractivity contribution in [2.45, 2.75) is 32.4 Å². The molecular weight excluding hydrogens is 256 g/mol. The quantitative estimate of drug-likeness (QED) is 0.909. The number of nitrogens with zero attached hydrogens (tertiary/aromatic N) is 2. The van der Waals surface area contributed by atoms with Crippen molar-refractivity contribution in [3.05, 3.63) is 47.5 Å². The summed E-state index contributed by atoms with van der Waals surface area (Å²) in [6, 6.07) is 5.71. The molecular formula is C15H16N2O3. The van der Waals surface area contributed by atoms with Crippen molar-refractivity contribution in [3.63, 3.8) is 0 Å². The highest BCUT2D eigenvalue weighted by molar-refractivity contribution is 5.91. The van der Waals surface area contributed by atoms with Crippen molar-refractivity contribution < 1.29 is 14.6 Å². The van der Waals surface area contributed by atoms with E-state index in [1.54, 1.807) is 18.3 Å². The van der Waals surface area contributed by atoms with Crippen LogP contribution in [-0.4, -0.2) is 20.6 Å². The minimum Gasteiger partial charge on any atom is -0.486 e. The first-order valence-corrected chi connectivity index (χ1v) is 6.62. The Morgan fingerprint density at radius 2 is 2.30 bits per heavy atom. The molecule has 0 unspecified atom stereocenters. The molecule has 104 valence electrons. The van der Waals surface area contributed by atoms with Gasteiger partial charge in [-0.05, 0) is 31.9 Å². The van der Waals surface area contributed by atoms with Crippen LogP contribution >= 0.6 is 0 Å². The number of aryl methyl sites for hydroxylation is 1. The van der Waals surface area contributed by atoms with Gasteiger partial charge in [0.2, 0.25) is 0 Å². The van der Waals surface area contributed by atoms with Crippen molar-refractivity contribution in [3.8, 4) is 5.75 Å². The smallest absolute Gasteiger partial charge is 0.339 e. The Labute approximate surface area is 116 Å². The molecule has 1 aromatic carbocycles. The van der Waals surface area contributed by atoms with Crippen LogP contribution in [0.25, 0.3) is 0 Å². The van der Waals surface area contributed by atoms with Crippen LogP contribution < -0.4 is 4.74 Å². The van der Waals surface area contributed by atoms with Gasteiger partial charge in [-0.15, -0.1) is 0 Å². The van der Waals surface area contributed by atoms with Gasteiger partial charge in [0.1, 0.15) is 17.9 Å². The van der Waals surface area contributed by atoms with Crippen LogP contribution in [0, 0.1) is 6.92 Å². The van der Waals surface area contributed by atoms with E-state index in [4.69, 9.17) is 4.74 Å². The maximum absolute atomic E-state index is 11.2. The summed E-state index contributed by atoms with van der Waals surface area (Å²) in [5.74, 6) is -0.578. The Morgan fingerprint density at radius 3 is 3.00 bits per heavy atom. The van der Waals surface area contributed by atoms with E-state index >= 15 is 0 Å². The third-order valence-corrected chi connectivity index (χ3v) is 3.43. The second-order valence-electron chi connectivity index (χ2n) is 5.12. The van der Waals surface area contributed by atoms with E-state index in [-0.39, 0.29) is 5.56 Å². The largest absolute Gasteiger partial charge is 0.486 e. The molecule has 1 heterocycles. The van der Waals surface area contributed by atoms with Gasteiger partial charge in [-0.2, -0.15) is 0 Å². The predicted molar refractivity (Wildman–Crippen MR) is 73.0 cm³/mol. The molecule has 0 spiro atoms. The molecule has 1 aliphatic carbocycles. The van der Waals surface area contributed by atoms with Crippen molar-refractivity contribution in [1.82, 2.24) is 9.55 Å². The first kappa shape index (κ1) is 12.7. The Bertz CT molecular complexity index is 644. The minimum atomic E-state index is -0.973. The van der Waals surface area contributed by atoms with Crippen LogP contribution in [0.5, 0.6) is 5.75 Å². The van der Waals surface area contributed by atoms with Gasteiger partial charge in [0.15, 0.2) is 0 Å². The molecule has 1 N–H and O–H groups in total. The summed E-state index contributed by atoms with van der Waals surface area (Å²) >= 11 is 0. The molecule has 0 aliphatic heterocycles. The number of ether oxygens (including phenoxy) is 1. The Balaban J connectivity index is 1.78. The minimum absolute atomic E-state index is 0.197. The fourth-order valence-electron chi connectivity index (χ4n) is 2.21. The van der Waals surface area contributed by atoms with E-state index in [2.05, 4.69) is 9.55 Å². The average molecular weight is 272 g/mol. The lowest BCUT2D eigenvalue weighted by Crippen LogP contribution is -2.07. The van der Waals surface area contributed by atoms with Gasteiger partial charge in [-0.1, -0.05) is 11.6 Å². The fourth-order valence-corrected chi connectivity index (χ4v) is 2.21. The molecule has 0 radical (unpaired) electrons. The molecule has 5 heteroatoms. The first-order chi connectivity index (χ1) is 9.65. The highest BCUT2D eigenvalue weighted by Gasteiger charge is 2.25. The fraction of sp³-hybridized carbons (Fsp3) is 0.333. The third-order valence-electron chi connectivity index (χ3n) is 3.43. The monoisotopic (exact) mass is 272 g/mol. The maximum atomic E-state index is 11.2. The number of carboxylic acids is 1. The number of aromatic carboxylic acids is 1. The lowest BCUT2D eigenvalue weighted by atomic mass is 10.1. The summed E-state index contributed by atoms with van der Waals surface area (Å²) in [5, 5.41) is 9.20. The third kappa shape index (κ3) is 2.52. The summed E-state index contributed by atoms with van der Waals surface area (Å²) in [6.07, 6.45) is 5.93. The number of aromatic nitrogens is 2. The molecule has 0 amide bonds. The summed E-state index contributed by atoms with van der Waals surface area (Å²) in [4.78, 5) is 15.4. The molecule has 0 saturated heterocycles. The van der Waals surface area contributed by atoms with Crippen molar-refractivity contribution in [2.24, 2.45) is 0 Å². The van der Waals surface area contributed by atoms with Gasteiger partial charge in [0, 0.05) is 6.04 Å². The summed E-state index contributed by atoms with van der Waals surface area (Å²) in [7, 11) is 0. The highest BCUT2D eigenvalue weighted by atomic mass is 16.5. The average Bonchev–Trinajstić information content (AvgIpc) is 3.16. The molecule has 1 fully saturated rings. The molecule has 0 bridgehead atoms. The van der Waals surface area contributed by atoms with E-state index in [0.29, 0.717) is 18.4 Å². The number of imidazole rings is 1. The van der Waals surface area contributed by atoms with Crippen LogP contribution in [0.15, 0.2) is 30.7 Å². The second kappa shape index (κ2) is 5.00. The van der Waals surface area contributed by atoms with E-state index in [1.807, 2.05) is 19.3 Å². The van der Waals surface area contributed by atoms with Crippen LogP contribution in [0.1, 0.15) is 40.5 Å². The van der Waals surface area contributed by atoms with Gasteiger partial charge in [-0.25, -0.2) is 9.78 Å². The number of hydrogen-bond donors (Lipinski definition) is 1. The summed E-state index contributed by atoms with van der Waals surface area (Å²) in [5.41, 5.74) is 2.07. The lowest BCUT2D eigenvalue weighted by Gasteiger charge is -2.11. The molecule has 5 nitrogen and oxygen atoms in total. The van der Waals surface area contributed by atoms with Gasteiger partial charge >= 0.3 is 5.97 Å². The highest BCUT2D eigenvalue weighted by Crippen LogP contribution is 2.35. The maximum Gasteiger partial charge on any atom is 0.339 e. The Hall–Kier alpha value is -2.30. The lowest BCUT2D eigenvalue weighted by molar-refractivity contribution is 0.0691.